The van der Waals surface area contributed by atoms with Gasteiger partial charge in [-0.15, -0.1) is 0 Å². The summed E-state index contributed by atoms with van der Waals surface area (Å²) in [5, 5.41) is 3.99. The first-order chi connectivity index (χ1) is 17.6. The van der Waals surface area contributed by atoms with Gasteiger partial charge in [0.05, 0.1) is 19.3 Å². The topological polar surface area (TPSA) is 34.3 Å². The highest BCUT2D eigenvalue weighted by Gasteiger charge is 2.43. The average molecular weight is 525 g/mol. The first-order valence-corrected chi connectivity index (χ1v) is 12.6. The first-order valence-electron chi connectivity index (χ1n) is 12.6. The normalized spacial score (nSPS) is 23.1. The molecule has 0 aliphatic carbocycles. The van der Waals surface area contributed by atoms with Crippen LogP contribution in [0, 0.1) is 11.6 Å². The van der Waals surface area contributed by atoms with E-state index in [0.717, 1.165) is 46.5 Å². The Balaban J connectivity index is 1.50. The molecular weight excluding hydrogens is 494 g/mol. The van der Waals surface area contributed by atoms with E-state index in [4.69, 9.17) is 0 Å². The zero-order valence-corrected chi connectivity index (χ0v) is 20.5. The van der Waals surface area contributed by atoms with Crippen molar-refractivity contribution in [1.29, 1.82) is 0 Å². The van der Waals surface area contributed by atoms with Crippen molar-refractivity contribution in [2.24, 2.45) is 0 Å². The SMILES string of the molecule is C[C@@H]1Cc2c([nH]c3ccccc23)[C@H](c2c(F)cc(NC3CCN(CCCF)C3)cc2F)N1CC(F)(F)F. The van der Waals surface area contributed by atoms with Crippen LogP contribution in [-0.2, 0) is 6.42 Å². The summed E-state index contributed by atoms with van der Waals surface area (Å²) in [7, 11) is 0. The largest absolute Gasteiger partial charge is 0.401 e. The van der Waals surface area contributed by atoms with Gasteiger partial charge in [0, 0.05) is 59.6 Å². The van der Waals surface area contributed by atoms with Gasteiger partial charge >= 0.3 is 6.18 Å². The number of benzene rings is 2. The molecule has 1 fully saturated rings. The number of likely N-dealkylation sites (tertiary alicyclic amines) is 1. The monoisotopic (exact) mass is 524 g/mol. The highest BCUT2D eigenvalue weighted by atomic mass is 19.4. The minimum absolute atomic E-state index is 0.0546. The van der Waals surface area contributed by atoms with E-state index in [1.807, 2.05) is 18.2 Å². The number of aromatic nitrogens is 1. The van der Waals surface area contributed by atoms with Crippen molar-refractivity contribution in [3.63, 3.8) is 0 Å². The van der Waals surface area contributed by atoms with E-state index < -0.39 is 48.7 Å². The second-order valence-corrected chi connectivity index (χ2v) is 10.1. The lowest BCUT2D eigenvalue weighted by Crippen LogP contribution is -2.47. The molecule has 10 heteroatoms. The second-order valence-electron chi connectivity index (χ2n) is 10.1. The minimum Gasteiger partial charge on any atom is -0.381 e. The number of halogens is 6. The van der Waals surface area contributed by atoms with Gasteiger partial charge in [-0.25, -0.2) is 8.78 Å². The van der Waals surface area contributed by atoms with Gasteiger partial charge in [-0.3, -0.25) is 9.29 Å². The van der Waals surface area contributed by atoms with Crippen LogP contribution in [0.15, 0.2) is 36.4 Å². The van der Waals surface area contributed by atoms with Crippen LogP contribution in [0.4, 0.5) is 32.0 Å². The number of nitrogens with zero attached hydrogens (tertiary/aromatic N) is 2. The maximum Gasteiger partial charge on any atom is 0.401 e. The van der Waals surface area contributed by atoms with Crippen LogP contribution in [0.25, 0.3) is 10.9 Å². The van der Waals surface area contributed by atoms with Crippen LogP contribution in [0.5, 0.6) is 0 Å². The molecule has 1 aromatic heterocycles. The summed E-state index contributed by atoms with van der Waals surface area (Å²) in [5.41, 5.74) is 1.73. The van der Waals surface area contributed by atoms with Crippen molar-refractivity contribution in [2.45, 2.75) is 50.5 Å². The number of fused-ring (bicyclic) bond motifs is 3. The molecule has 3 aromatic rings. The molecule has 3 atom stereocenters. The predicted molar refractivity (Wildman–Crippen MR) is 131 cm³/mol. The fraction of sp³-hybridized carbons (Fsp3) is 0.481. The molecule has 2 N–H and O–H groups in total. The lowest BCUT2D eigenvalue weighted by molar-refractivity contribution is -0.155. The van der Waals surface area contributed by atoms with E-state index in [2.05, 4.69) is 15.2 Å². The summed E-state index contributed by atoms with van der Waals surface area (Å²) in [4.78, 5) is 6.38. The number of anilines is 1. The van der Waals surface area contributed by atoms with Crippen LogP contribution in [0.1, 0.15) is 42.6 Å². The second kappa shape index (κ2) is 10.2. The number of nitrogens with one attached hydrogen (secondary N) is 2. The first kappa shape index (κ1) is 25.9. The van der Waals surface area contributed by atoms with E-state index in [0.29, 0.717) is 31.6 Å². The van der Waals surface area contributed by atoms with E-state index >= 15 is 8.78 Å². The third-order valence-electron chi connectivity index (χ3n) is 7.48. The molecular formula is C27H30F6N4. The number of aromatic amines is 1. The summed E-state index contributed by atoms with van der Waals surface area (Å²) in [6, 6.07) is 7.73. The summed E-state index contributed by atoms with van der Waals surface area (Å²) >= 11 is 0. The summed E-state index contributed by atoms with van der Waals surface area (Å²) in [6.07, 6.45) is -3.03. The Morgan fingerprint density at radius 1 is 1.11 bits per heavy atom. The molecule has 2 aliphatic rings. The third-order valence-corrected chi connectivity index (χ3v) is 7.48. The number of para-hydroxylation sites is 1. The average Bonchev–Trinajstić information content (AvgIpc) is 3.42. The van der Waals surface area contributed by atoms with Crippen molar-refractivity contribution < 1.29 is 26.3 Å². The standard InChI is InChI=1S/C27H30F6N4/c1-16-11-20-19-5-2-3-6-23(19)35-25(20)26(37(16)15-27(31,32)33)24-21(29)12-18(13-22(24)30)34-17-7-10-36(14-17)9-4-8-28/h2-3,5-6,12-13,16-17,26,34-35H,4,7-11,14-15H2,1H3/t16-,17?,26+/m1/s1. The summed E-state index contributed by atoms with van der Waals surface area (Å²) in [5.74, 6) is -1.80. The Hall–Kier alpha value is -2.72. The van der Waals surface area contributed by atoms with Gasteiger partial charge in [0.2, 0.25) is 0 Å². The number of H-pyrrole nitrogens is 1. The fourth-order valence-corrected chi connectivity index (χ4v) is 5.87. The molecule has 1 unspecified atom stereocenters. The Bertz CT molecular complexity index is 1230. The predicted octanol–water partition coefficient (Wildman–Crippen LogP) is 6.19. The van der Waals surface area contributed by atoms with Crippen LogP contribution >= 0.6 is 0 Å². The molecule has 2 aromatic carbocycles. The molecule has 0 amide bonds. The number of hydrogen-bond donors (Lipinski definition) is 2. The highest BCUT2D eigenvalue weighted by molar-refractivity contribution is 5.85. The van der Waals surface area contributed by atoms with Gasteiger partial charge in [0.25, 0.3) is 0 Å². The molecule has 0 saturated carbocycles. The molecule has 2 aliphatic heterocycles. The van der Waals surface area contributed by atoms with E-state index in [1.54, 1.807) is 13.0 Å². The van der Waals surface area contributed by atoms with Gasteiger partial charge in [-0.2, -0.15) is 13.2 Å². The Labute approximate surface area is 211 Å². The molecule has 1 saturated heterocycles. The number of alkyl halides is 4. The van der Waals surface area contributed by atoms with E-state index in [-0.39, 0.29) is 11.7 Å². The zero-order valence-electron chi connectivity index (χ0n) is 20.5. The smallest absolute Gasteiger partial charge is 0.381 e. The van der Waals surface area contributed by atoms with Gasteiger partial charge in [-0.05, 0) is 49.9 Å². The highest BCUT2D eigenvalue weighted by Crippen LogP contribution is 2.44. The Kier molecular flexibility index (Phi) is 7.15. The van der Waals surface area contributed by atoms with Crippen molar-refractivity contribution >= 4 is 16.6 Å². The molecule has 3 heterocycles. The quantitative estimate of drug-likeness (QED) is 0.362. The molecule has 0 spiro atoms. The number of hydrogen-bond acceptors (Lipinski definition) is 3. The third kappa shape index (κ3) is 5.31. The minimum atomic E-state index is -4.54. The Morgan fingerprint density at radius 3 is 2.54 bits per heavy atom. The Morgan fingerprint density at radius 2 is 1.84 bits per heavy atom. The molecule has 0 radical (unpaired) electrons. The molecule has 200 valence electrons. The molecule has 0 bridgehead atoms. The van der Waals surface area contributed by atoms with Crippen molar-refractivity contribution in [3.8, 4) is 0 Å². The van der Waals surface area contributed by atoms with Crippen molar-refractivity contribution in [1.82, 2.24) is 14.8 Å². The summed E-state index contributed by atoms with van der Waals surface area (Å²) in [6.45, 7) is 1.99. The maximum atomic E-state index is 15.6. The van der Waals surface area contributed by atoms with Gasteiger partial charge in [0.1, 0.15) is 11.6 Å². The van der Waals surface area contributed by atoms with Gasteiger partial charge < -0.3 is 15.2 Å². The van der Waals surface area contributed by atoms with Crippen molar-refractivity contribution in [3.05, 3.63) is 64.9 Å². The van der Waals surface area contributed by atoms with Gasteiger partial charge in [0.15, 0.2) is 0 Å². The van der Waals surface area contributed by atoms with E-state index in [1.165, 1.54) is 0 Å². The zero-order chi connectivity index (χ0) is 26.3. The van der Waals surface area contributed by atoms with Gasteiger partial charge in [-0.1, -0.05) is 18.2 Å². The fourth-order valence-electron chi connectivity index (χ4n) is 5.87. The van der Waals surface area contributed by atoms with Crippen LogP contribution < -0.4 is 5.32 Å². The van der Waals surface area contributed by atoms with Crippen LogP contribution in [0.3, 0.4) is 0 Å². The lowest BCUT2D eigenvalue weighted by atomic mass is 9.88. The van der Waals surface area contributed by atoms with Crippen LogP contribution in [-0.4, -0.2) is 65.9 Å². The van der Waals surface area contributed by atoms with Crippen LogP contribution in [0.2, 0.25) is 0 Å². The van der Waals surface area contributed by atoms with E-state index in [9.17, 15) is 17.6 Å². The molecule has 5 rings (SSSR count). The van der Waals surface area contributed by atoms with Crippen molar-refractivity contribution in [2.75, 3.05) is 38.2 Å². The summed E-state index contributed by atoms with van der Waals surface area (Å²) < 4.78 is 84.6. The molecule has 37 heavy (non-hydrogen) atoms. The molecule has 4 nitrogen and oxygen atoms in total. The maximum absolute atomic E-state index is 15.6. The lowest BCUT2D eigenvalue weighted by Gasteiger charge is -2.41. The number of rotatable bonds is 7.